The number of aromatic nitrogens is 3. The van der Waals surface area contributed by atoms with Crippen LogP contribution in [0.2, 0.25) is 0 Å². The number of nitrogens with zero attached hydrogens (tertiary/aromatic N) is 3. The first-order valence-electron chi connectivity index (χ1n) is 9.96. The van der Waals surface area contributed by atoms with Crippen LogP contribution in [-0.4, -0.2) is 29.1 Å². The van der Waals surface area contributed by atoms with E-state index in [9.17, 15) is 26.4 Å². The maximum absolute atomic E-state index is 14.0. The van der Waals surface area contributed by atoms with Crippen LogP contribution in [0.4, 0.5) is 18.9 Å². The minimum Gasteiger partial charge on any atom is -0.320 e. The molecule has 1 unspecified atom stereocenters. The SMILES string of the molecule is NS(=O)(=O)c1cc(NC(=O)c2c(C(F)(F)F)c(C3CC3)nn2CC2CC23CC3)ccn1. The number of hydrogen-bond acceptors (Lipinski definition) is 5. The largest absolute Gasteiger partial charge is 0.420 e. The lowest BCUT2D eigenvalue weighted by atomic mass is 10.1. The highest BCUT2D eigenvalue weighted by molar-refractivity contribution is 7.89. The molecule has 3 aliphatic carbocycles. The molecule has 5 rings (SSSR count). The molecule has 2 aromatic rings. The first-order valence-corrected chi connectivity index (χ1v) is 11.5. The van der Waals surface area contributed by atoms with Crippen molar-refractivity contribution in [2.45, 2.75) is 55.8 Å². The number of carbonyl (C=O) groups excluding carboxylic acids is 1. The van der Waals surface area contributed by atoms with Crippen molar-refractivity contribution >= 4 is 21.6 Å². The second-order valence-corrected chi connectivity index (χ2v) is 10.2. The molecule has 12 heteroatoms. The van der Waals surface area contributed by atoms with Gasteiger partial charge in [0.05, 0.1) is 5.69 Å². The lowest BCUT2D eigenvalue weighted by Crippen LogP contribution is -2.23. The molecule has 31 heavy (non-hydrogen) atoms. The first-order chi connectivity index (χ1) is 14.5. The number of rotatable bonds is 6. The van der Waals surface area contributed by atoms with Crippen LogP contribution in [0.25, 0.3) is 0 Å². The molecule has 1 spiro atoms. The molecule has 0 radical (unpaired) electrons. The number of pyridine rings is 1. The highest BCUT2D eigenvalue weighted by Crippen LogP contribution is 2.71. The number of anilines is 1. The summed E-state index contributed by atoms with van der Waals surface area (Å²) in [5, 5.41) is 11.2. The molecule has 3 aliphatic rings. The summed E-state index contributed by atoms with van der Waals surface area (Å²) in [6, 6.07) is 2.28. The molecule has 1 amide bonds. The van der Waals surface area contributed by atoms with E-state index < -0.39 is 38.4 Å². The Kier molecular flexibility index (Phi) is 4.30. The number of sulfonamides is 1. The van der Waals surface area contributed by atoms with E-state index in [2.05, 4.69) is 15.4 Å². The predicted molar refractivity (Wildman–Crippen MR) is 103 cm³/mol. The van der Waals surface area contributed by atoms with Crippen molar-refractivity contribution in [2.75, 3.05) is 5.32 Å². The van der Waals surface area contributed by atoms with Gasteiger partial charge in [-0.2, -0.15) is 18.3 Å². The summed E-state index contributed by atoms with van der Waals surface area (Å²) in [7, 11) is -4.14. The number of primary sulfonamides is 1. The zero-order valence-electron chi connectivity index (χ0n) is 16.3. The molecule has 0 aliphatic heterocycles. The van der Waals surface area contributed by atoms with Crippen molar-refractivity contribution in [3.63, 3.8) is 0 Å². The maximum atomic E-state index is 14.0. The van der Waals surface area contributed by atoms with Crippen LogP contribution in [0.3, 0.4) is 0 Å². The van der Waals surface area contributed by atoms with E-state index in [0.29, 0.717) is 12.8 Å². The predicted octanol–water partition coefficient (Wildman–Crippen LogP) is 2.87. The highest BCUT2D eigenvalue weighted by atomic mass is 32.2. The van der Waals surface area contributed by atoms with Gasteiger partial charge in [0.15, 0.2) is 5.03 Å². The van der Waals surface area contributed by atoms with Crippen molar-refractivity contribution in [1.82, 2.24) is 14.8 Å². The van der Waals surface area contributed by atoms with Gasteiger partial charge in [-0.05, 0) is 49.5 Å². The van der Waals surface area contributed by atoms with E-state index >= 15 is 0 Å². The van der Waals surface area contributed by atoms with Crippen LogP contribution >= 0.6 is 0 Å². The van der Waals surface area contributed by atoms with Gasteiger partial charge in [-0.1, -0.05) is 0 Å². The van der Waals surface area contributed by atoms with Gasteiger partial charge in [-0.25, -0.2) is 18.5 Å². The van der Waals surface area contributed by atoms with Crippen molar-refractivity contribution in [1.29, 1.82) is 0 Å². The Bertz CT molecular complexity index is 1180. The Labute approximate surface area is 176 Å². The Morgan fingerprint density at radius 1 is 1.32 bits per heavy atom. The first kappa shape index (κ1) is 20.4. The molecular formula is C19H20F3N5O3S. The lowest BCUT2D eigenvalue weighted by Gasteiger charge is -2.13. The third-order valence-electron chi connectivity index (χ3n) is 6.37. The third-order valence-corrected chi connectivity index (χ3v) is 7.18. The van der Waals surface area contributed by atoms with Crippen LogP contribution in [-0.2, 0) is 22.7 Å². The fourth-order valence-electron chi connectivity index (χ4n) is 4.27. The Morgan fingerprint density at radius 3 is 2.58 bits per heavy atom. The van der Waals surface area contributed by atoms with Crippen molar-refractivity contribution < 1.29 is 26.4 Å². The smallest absolute Gasteiger partial charge is 0.320 e. The zero-order chi connectivity index (χ0) is 22.2. The molecule has 2 aromatic heterocycles. The number of amides is 1. The molecule has 0 saturated heterocycles. The van der Waals surface area contributed by atoms with Crippen molar-refractivity contribution in [3.05, 3.63) is 35.3 Å². The summed E-state index contributed by atoms with van der Waals surface area (Å²) in [5.41, 5.74) is -1.41. The molecule has 0 aromatic carbocycles. The summed E-state index contributed by atoms with van der Waals surface area (Å²) in [6.45, 7) is 0.261. The topological polar surface area (TPSA) is 120 Å². The fourth-order valence-corrected chi connectivity index (χ4v) is 4.77. The number of carbonyl (C=O) groups is 1. The average Bonchev–Trinajstić information content (AvgIpc) is 3.57. The Balaban J connectivity index is 1.52. The number of nitrogens with two attached hydrogens (primary N) is 1. The monoisotopic (exact) mass is 455 g/mol. The van der Waals surface area contributed by atoms with Gasteiger partial charge in [0.1, 0.15) is 11.3 Å². The minimum absolute atomic E-state index is 0.0250. The summed E-state index contributed by atoms with van der Waals surface area (Å²) in [5.74, 6) is -1.07. The minimum atomic E-state index is -4.74. The Hall–Kier alpha value is -2.47. The third kappa shape index (κ3) is 3.82. The van der Waals surface area contributed by atoms with Crippen LogP contribution in [0.1, 0.15) is 59.8 Å². The molecule has 166 valence electrons. The fraction of sp³-hybridized carbons (Fsp3) is 0.526. The second kappa shape index (κ2) is 6.52. The van der Waals surface area contributed by atoms with E-state index in [1.807, 2.05) is 0 Å². The molecular weight excluding hydrogens is 435 g/mol. The average molecular weight is 455 g/mol. The molecule has 1 atom stereocenters. The normalized spacial score (nSPS) is 21.9. The van der Waals surface area contributed by atoms with E-state index in [0.717, 1.165) is 31.5 Å². The van der Waals surface area contributed by atoms with Crippen LogP contribution in [0.5, 0.6) is 0 Å². The summed E-state index contributed by atoms with van der Waals surface area (Å²) in [4.78, 5) is 16.6. The number of halogens is 3. The van der Waals surface area contributed by atoms with E-state index in [-0.39, 0.29) is 35.2 Å². The van der Waals surface area contributed by atoms with Gasteiger partial charge >= 0.3 is 6.18 Å². The number of nitrogens with one attached hydrogen (secondary N) is 1. The summed E-state index contributed by atoms with van der Waals surface area (Å²) in [6.07, 6.45) is 0.649. The molecule has 3 saturated carbocycles. The summed E-state index contributed by atoms with van der Waals surface area (Å²) >= 11 is 0. The number of alkyl halides is 3. The standard InChI is InChI=1S/C19H20F3N5O3S/c20-19(21,22)14-15(10-1-2-10)26-27(9-11-8-18(11)4-5-18)16(14)17(28)25-12-3-6-24-13(7-12)31(23,29)30/h3,6-7,10-11H,1-2,4-5,8-9H2,(H2,23,29,30)(H,24,25,28). The van der Waals surface area contributed by atoms with Crippen molar-refractivity contribution in [3.8, 4) is 0 Å². The van der Waals surface area contributed by atoms with Gasteiger partial charge in [0.2, 0.25) is 0 Å². The van der Waals surface area contributed by atoms with Crippen LogP contribution in [0, 0.1) is 11.3 Å². The van der Waals surface area contributed by atoms with Crippen LogP contribution in [0.15, 0.2) is 23.4 Å². The van der Waals surface area contributed by atoms with Gasteiger partial charge < -0.3 is 5.32 Å². The number of hydrogen-bond donors (Lipinski definition) is 2. The molecule has 8 nitrogen and oxygen atoms in total. The molecule has 0 bridgehead atoms. The highest BCUT2D eigenvalue weighted by Gasteiger charge is 2.62. The van der Waals surface area contributed by atoms with Gasteiger partial charge in [0, 0.05) is 30.4 Å². The maximum Gasteiger partial charge on any atom is 0.420 e. The van der Waals surface area contributed by atoms with E-state index in [1.54, 1.807) is 0 Å². The molecule has 3 N–H and O–H groups in total. The van der Waals surface area contributed by atoms with Crippen molar-refractivity contribution in [2.24, 2.45) is 16.5 Å². The van der Waals surface area contributed by atoms with E-state index in [4.69, 9.17) is 5.14 Å². The lowest BCUT2D eigenvalue weighted by molar-refractivity contribution is -0.138. The van der Waals surface area contributed by atoms with Gasteiger partial charge in [0.25, 0.3) is 15.9 Å². The quantitative estimate of drug-likeness (QED) is 0.694. The second-order valence-electron chi connectivity index (χ2n) is 8.71. The zero-order valence-corrected chi connectivity index (χ0v) is 17.1. The van der Waals surface area contributed by atoms with E-state index in [1.165, 1.54) is 10.7 Å². The van der Waals surface area contributed by atoms with Crippen LogP contribution < -0.4 is 10.5 Å². The van der Waals surface area contributed by atoms with Gasteiger partial charge in [-0.15, -0.1) is 0 Å². The Morgan fingerprint density at radius 2 is 2.03 bits per heavy atom. The molecule has 3 fully saturated rings. The van der Waals surface area contributed by atoms with Gasteiger partial charge in [-0.3, -0.25) is 9.48 Å². The summed E-state index contributed by atoms with van der Waals surface area (Å²) < 4.78 is 66.2. The molecule has 2 heterocycles.